The van der Waals surface area contributed by atoms with E-state index in [-0.39, 0.29) is 0 Å². The molecule has 0 aliphatic rings. The van der Waals surface area contributed by atoms with Gasteiger partial charge in [-0.05, 0) is 20.8 Å². The number of anilines is 1. The molecule has 0 aromatic carbocycles. The molecule has 0 atom stereocenters. The van der Waals surface area contributed by atoms with Gasteiger partial charge in [-0.1, -0.05) is 0 Å². The van der Waals surface area contributed by atoms with Gasteiger partial charge in [0.2, 0.25) is 0 Å². The molecule has 0 aliphatic carbocycles. The van der Waals surface area contributed by atoms with Crippen LogP contribution in [0.2, 0.25) is 0 Å². The van der Waals surface area contributed by atoms with Crippen LogP contribution in [0.1, 0.15) is 26.8 Å². The molecule has 1 aromatic heterocycles. The summed E-state index contributed by atoms with van der Waals surface area (Å²) in [5, 5.41) is 0. The molecule has 2 N–H and O–H groups in total. The van der Waals surface area contributed by atoms with Gasteiger partial charge in [0.05, 0.1) is 12.8 Å². The largest absolute Gasteiger partial charge is 0.465 e. The Morgan fingerprint density at radius 1 is 1.67 bits per heavy atom. The Bertz CT molecular complexity index is 255. The molecule has 0 bridgehead atoms. The first-order chi connectivity index (χ1) is 5.65. The smallest absolute Gasteiger partial charge is 0.298 e. The molecule has 4 nitrogen and oxygen atoms in total. The Kier molecular flexibility index (Phi) is 2.58. The number of nitrogens with zero attached hydrogens (tertiary/aromatic N) is 2. The Labute approximate surface area is 72.3 Å². The normalized spacial score (nSPS) is 10.7. The van der Waals surface area contributed by atoms with E-state index in [2.05, 4.69) is 18.8 Å². The average molecular weight is 169 g/mol. The lowest BCUT2D eigenvalue weighted by molar-refractivity contribution is 0.290. The van der Waals surface area contributed by atoms with Crippen LogP contribution in [0, 0.1) is 0 Å². The highest BCUT2D eigenvalue weighted by Gasteiger charge is 2.08. The van der Waals surface area contributed by atoms with Crippen molar-refractivity contribution in [3.05, 3.63) is 6.20 Å². The summed E-state index contributed by atoms with van der Waals surface area (Å²) in [6.45, 7) is 6.66. The van der Waals surface area contributed by atoms with Gasteiger partial charge < -0.3 is 10.5 Å². The quantitative estimate of drug-likeness (QED) is 0.745. The number of hydrogen-bond donors (Lipinski definition) is 1. The predicted molar refractivity (Wildman–Crippen MR) is 48.2 cm³/mol. The van der Waals surface area contributed by atoms with Crippen molar-refractivity contribution in [2.75, 3.05) is 12.3 Å². The highest BCUT2D eigenvalue weighted by atomic mass is 16.5. The van der Waals surface area contributed by atoms with Crippen LogP contribution >= 0.6 is 0 Å². The van der Waals surface area contributed by atoms with Gasteiger partial charge in [-0.3, -0.25) is 4.57 Å². The topological polar surface area (TPSA) is 53.1 Å². The van der Waals surface area contributed by atoms with Crippen LogP contribution in [0.15, 0.2) is 6.20 Å². The lowest BCUT2D eigenvalue weighted by Crippen LogP contribution is -2.04. The van der Waals surface area contributed by atoms with Crippen LogP contribution < -0.4 is 10.5 Å². The maximum atomic E-state index is 5.54. The van der Waals surface area contributed by atoms with Crippen molar-refractivity contribution >= 4 is 5.82 Å². The number of hydrogen-bond acceptors (Lipinski definition) is 3. The lowest BCUT2D eigenvalue weighted by atomic mass is 10.4. The molecule has 4 heteroatoms. The lowest BCUT2D eigenvalue weighted by Gasteiger charge is -2.09. The van der Waals surface area contributed by atoms with E-state index in [4.69, 9.17) is 10.5 Å². The van der Waals surface area contributed by atoms with Crippen molar-refractivity contribution < 1.29 is 4.74 Å². The number of aromatic nitrogens is 2. The molecule has 0 spiro atoms. The third kappa shape index (κ3) is 1.69. The molecule has 0 aliphatic heterocycles. The molecule has 0 radical (unpaired) electrons. The first-order valence-corrected chi connectivity index (χ1v) is 4.12. The zero-order valence-electron chi connectivity index (χ0n) is 7.74. The summed E-state index contributed by atoms with van der Waals surface area (Å²) in [6, 6.07) is 0.932. The minimum atomic E-state index is 0.330. The molecule has 0 saturated heterocycles. The zero-order valence-corrected chi connectivity index (χ0v) is 7.74. The van der Waals surface area contributed by atoms with E-state index in [1.54, 1.807) is 6.20 Å². The van der Waals surface area contributed by atoms with E-state index < -0.39 is 0 Å². The minimum absolute atomic E-state index is 0.330. The maximum absolute atomic E-state index is 5.54. The Morgan fingerprint density at radius 2 is 2.33 bits per heavy atom. The first-order valence-electron chi connectivity index (χ1n) is 4.12. The van der Waals surface area contributed by atoms with Gasteiger partial charge in [0, 0.05) is 6.04 Å². The second-order valence-electron chi connectivity index (χ2n) is 2.88. The van der Waals surface area contributed by atoms with Crippen molar-refractivity contribution in [2.45, 2.75) is 26.8 Å². The highest BCUT2D eigenvalue weighted by molar-refractivity contribution is 5.28. The average Bonchev–Trinajstić information content (AvgIpc) is 2.32. The Morgan fingerprint density at radius 3 is 2.83 bits per heavy atom. The molecule has 12 heavy (non-hydrogen) atoms. The summed E-state index contributed by atoms with van der Waals surface area (Å²) in [5.41, 5.74) is 5.54. The number of rotatable bonds is 3. The molecular weight excluding hydrogens is 154 g/mol. The molecule has 68 valence electrons. The Balaban J connectivity index is 2.92. The summed E-state index contributed by atoms with van der Waals surface area (Å²) in [4.78, 5) is 4.04. The van der Waals surface area contributed by atoms with E-state index >= 15 is 0 Å². The first kappa shape index (κ1) is 8.90. The summed E-state index contributed by atoms with van der Waals surface area (Å²) in [6.07, 6.45) is 1.79. The van der Waals surface area contributed by atoms with Gasteiger partial charge in [-0.25, -0.2) is 0 Å². The molecule has 1 rings (SSSR count). The van der Waals surface area contributed by atoms with Gasteiger partial charge in [-0.15, -0.1) is 0 Å². The summed E-state index contributed by atoms with van der Waals surface area (Å²) >= 11 is 0. The van der Waals surface area contributed by atoms with Crippen molar-refractivity contribution in [1.29, 1.82) is 0 Å². The summed E-state index contributed by atoms with van der Waals surface area (Å²) in [7, 11) is 0. The standard InChI is InChI=1S/C8H15N3O/c1-4-12-8-10-7(9)5-11(8)6(2)3/h5-6H,4,9H2,1-3H3. The van der Waals surface area contributed by atoms with Crippen LogP contribution in [-0.4, -0.2) is 16.2 Å². The maximum Gasteiger partial charge on any atom is 0.298 e. The highest BCUT2D eigenvalue weighted by Crippen LogP contribution is 2.18. The number of nitrogens with two attached hydrogens (primary N) is 1. The fraction of sp³-hybridized carbons (Fsp3) is 0.625. The molecule has 0 saturated carbocycles. The third-order valence-electron chi connectivity index (χ3n) is 1.55. The number of nitrogen functional groups attached to an aromatic ring is 1. The second kappa shape index (κ2) is 3.47. The molecule has 0 amide bonds. The summed E-state index contributed by atoms with van der Waals surface area (Å²) in [5.74, 6) is 0.507. The molecule has 0 fully saturated rings. The zero-order chi connectivity index (χ0) is 9.14. The van der Waals surface area contributed by atoms with Gasteiger partial charge in [-0.2, -0.15) is 4.98 Å². The van der Waals surface area contributed by atoms with Crippen LogP contribution in [0.25, 0.3) is 0 Å². The van der Waals surface area contributed by atoms with E-state index in [9.17, 15) is 0 Å². The monoisotopic (exact) mass is 169 g/mol. The SMILES string of the molecule is CCOc1nc(N)cn1C(C)C. The Hall–Kier alpha value is -1.19. The predicted octanol–water partition coefficient (Wildman–Crippen LogP) is 1.44. The van der Waals surface area contributed by atoms with Crippen LogP contribution in [-0.2, 0) is 0 Å². The summed E-state index contributed by atoms with van der Waals surface area (Å²) < 4.78 is 7.21. The second-order valence-corrected chi connectivity index (χ2v) is 2.88. The van der Waals surface area contributed by atoms with Gasteiger partial charge in [0.15, 0.2) is 0 Å². The van der Waals surface area contributed by atoms with Crippen molar-refractivity contribution in [3.63, 3.8) is 0 Å². The molecule has 0 unspecified atom stereocenters. The van der Waals surface area contributed by atoms with Crippen molar-refractivity contribution in [1.82, 2.24) is 9.55 Å². The van der Waals surface area contributed by atoms with Crippen LogP contribution in [0.3, 0.4) is 0 Å². The number of ether oxygens (including phenoxy) is 1. The van der Waals surface area contributed by atoms with E-state index in [0.29, 0.717) is 24.5 Å². The molecular formula is C8H15N3O. The van der Waals surface area contributed by atoms with Crippen LogP contribution in [0.4, 0.5) is 5.82 Å². The van der Waals surface area contributed by atoms with E-state index in [0.717, 1.165) is 0 Å². The molecule has 1 aromatic rings. The van der Waals surface area contributed by atoms with Gasteiger partial charge in [0.25, 0.3) is 6.01 Å². The van der Waals surface area contributed by atoms with Crippen molar-refractivity contribution in [3.8, 4) is 6.01 Å². The van der Waals surface area contributed by atoms with Gasteiger partial charge >= 0.3 is 0 Å². The van der Waals surface area contributed by atoms with Gasteiger partial charge in [0.1, 0.15) is 5.82 Å². The van der Waals surface area contributed by atoms with E-state index in [1.807, 2.05) is 11.5 Å². The fourth-order valence-corrected chi connectivity index (χ4v) is 1.00. The fourth-order valence-electron chi connectivity index (χ4n) is 1.00. The molecule has 1 heterocycles. The third-order valence-corrected chi connectivity index (χ3v) is 1.55. The number of imidazole rings is 1. The van der Waals surface area contributed by atoms with Crippen LogP contribution in [0.5, 0.6) is 6.01 Å². The minimum Gasteiger partial charge on any atom is -0.465 e. The van der Waals surface area contributed by atoms with Crippen molar-refractivity contribution in [2.24, 2.45) is 0 Å². The van der Waals surface area contributed by atoms with E-state index in [1.165, 1.54) is 0 Å².